The summed E-state index contributed by atoms with van der Waals surface area (Å²) in [6.45, 7) is 0. The molecule has 0 saturated carbocycles. The predicted molar refractivity (Wildman–Crippen MR) is 58.1 cm³/mol. The van der Waals surface area contributed by atoms with Crippen LogP contribution in [0.15, 0.2) is 22.7 Å². The van der Waals surface area contributed by atoms with Crippen molar-refractivity contribution in [3.63, 3.8) is 0 Å². The summed E-state index contributed by atoms with van der Waals surface area (Å²) >= 11 is 8.98. The van der Waals surface area contributed by atoms with E-state index >= 15 is 0 Å². The Balaban J connectivity index is 0.00000144. The van der Waals surface area contributed by atoms with E-state index < -0.39 is 5.91 Å². The summed E-state index contributed by atoms with van der Waals surface area (Å²) < 4.78 is 0.820. The third kappa shape index (κ3) is 3.15. The maximum atomic E-state index is 11.0. The molecule has 0 aromatic heterocycles. The standard InChI is InChI=1S/C7H6BrClN2O.ClH/c8-4-1-2-5(6(9)3-4)7(12)11-10;/h1-3H,10H2,(H,11,12);1H. The minimum atomic E-state index is -0.396. The van der Waals surface area contributed by atoms with E-state index in [4.69, 9.17) is 17.4 Å². The molecule has 0 unspecified atom stereocenters. The second-order valence-electron chi connectivity index (χ2n) is 2.10. The van der Waals surface area contributed by atoms with Crippen LogP contribution in [0, 0.1) is 0 Å². The van der Waals surface area contributed by atoms with Crippen LogP contribution in [0.1, 0.15) is 10.4 Å². The van der Waals surface area contributed by atoms with Crippen molar-refractivity contribution in [1.82, 2.24) is 5.43 Å². The molecule has 3 nitrogen and oxygen atoms in total. The Labute approximate surface area is 95.1 Å². The van der Waals surface area contributed by atoms with E-state index in [0.717, 1.165) is 4.47 Å². The molecular weight excluding hydrogens is 279 g/mol. The van der Waals surface area contributed by atoms with E-state index in [1.54, 1.807) is 18.2 Å². The average Bonchev–Trinajstić information content (AvgIpc) is 2.03. The minimum Gasteiger partial charge on any atom is -0.290 e. The Kier molecular flexibility index (Phi) is 5.32. The molecule has 0 spiro atoms. The number of hydrogen-bond acceptors (Lipinski definition) is 2. The van der Waals surface area contributed by atoms with Gasteiger partial charge >= 0.3 is 0 Å². The molecule has 1 rings (SSSR count). The summed E-state index contributed by atoms with van der Waals surface area (Å²) in [6.07, 6.45) is 0. The molecule has 72 valence electrons. The number of carbonyl (C=O) groups excluding carboxylic acids is 1. The number of nitrogen functional groups attached to an aromatic ring is 1. The van der Waals surface area contributed by atoms with Crippen LogP contribution in [-0.4, -0.2) is 5.91 Å². The maximum absolute atomic E-state index is 11.0. The highest BCUT2D eigenvalue weighted by molar-refractivity contribution is 9.10. The highest BCUT2D eigenvalue weighted by Crippen LogP contribution is 2.20. The van der Waals surface area contributed by atoms with Crippen molar-refractivity contribution in [2.24, 2.45) is 5.84 Å². The van der Waals surface area contributed by atoms with Gasteiger partial charge in [0.1, 0.15) is 0 Å². The SMILES string of the molecule is Cl.NNC(=O)c1ccc(Br)cc1Cl. The molecule has 0 heterocycles. The summed E-state index contributed by atoms with van der Waals surface area (Å²) in [5.74, 6) is 4.55. The summed E-state index contributed by atoms with van der Waals surface area (Å²) in [4.78, 5) is 11.0. The molecular formula is C7H7BrCl2N2O. The quantitative estimate of drug-likeness (QED) is 0.472. The molecule has 0 bridgehead atoms. The normalized spacial score (nSPS) is 8.85. The van der Waals surface area contributed by atoms with Gasteiger partial charge in [0.25, 0.3) is 5.91 Å². The van der Waals surface area contributed by atoms with Gasteiger partial charge in [0.15, 0.2) is 0 Å². The number of halogens is 3. The van der Waals surface area contributed by atoms with Crippen LogP contribution in [0.4, 0.5) is 0 Å². The predicted octanol–water partition coefficient (Wildman–Crippen LogP) is 2.13. The third-order valence-corrected chi connectivity index (χ3v) is 2.11. The van der Waals surface area contributed by atoms with Crippen molar-refractivity contribution in [3.8, 4) is 0 Å². The highest BCUT2D eigenvalue weighted by atomic mass is 79.9. The van der Waals surface area contributed by atoms with Crippen molar-refractivity contribution in [1.29, 1.82) is 0 Å². The molecule has 3 N–H and O–H groups in total. The first-order chi connectivity index (χ1) is 5.65. The molecule has 0 saturated heterocycles. The number of nitrogens with two attached hydrogens (primary N) is 1. The van der Waals surface area contributed by atoms with Gasteiger partial charge in [0.05, 0.1) is 10.6 Å². The molecule has 6 heteroatoms. The van der Waals surface area contributed by atoms with Gasteiger partial charge < -0.3 is 0 Å². The van der Waals surface area contributed by atoms with E-state index in [1.165, 1.54) is 0 Å². The van der Waals surface area contributed by atoms with Gasteiger partial charge in [-0.3, -0.25) is 10.2 Å². The summed E-state index contributed by atoms with van der Waals surface area (Å²) in [5, 5.41) is 0.368. The van der Waals surface area contributed by atoms with Gasteiger partial charge in [-0.05, 0) is 18.2 Å². The molecule has 0 aliphatic heterocycles. The Morgan fingerprint density at radius 1 is 1.54 bits per heavy atom. The number of carbonyl (C=O) groups is 1. The Morgan fingerprint density at radius 2 is 2.15 bits per heavy atom. The van der Waals surface area contributed by atoms with Gasteiger partial charge in [-0.2, -0.15) is 0 Å². The lowest BCUT2D eigenvalue weighted by molar-refractivity contribution is 0.0954. The van der Waals surface area contributed by atoms with E-state index in [-0.39, 0.29) is 12.4 Å². The molecule has 1 amide bonds. The summed E-state index contributed by atoms with van der Waals surface area (Å²) in [7, 11) is 0. The molecule has 0 aliphatic rings. The second-order valence-corrected chi connectivity index (χ2v) is 3.42. The zero-order valence-corrected chi connectivity index (χ0v) is 9.54. The molecule has 0 aliphatic carbocycles. The van der Waals surface area contributed by atoms with E-state index in [2.05, 4.69) is 15.9 Å². The van der Waals surface area contributed by atoms with Crippen molar-refractivity contribution < 1.29 is 4.79 Å². The van der Waals surface area contributed by atoms with Gasteiger partial charge in [-0.15, -0.1) is 12.4 Å². The average molecular weight is 286 g/mol. The molecule has 13 heavy (non-hydrogen) atoms. The van der Waals surface area contributed by atoms with Crippen molar-refractivity contribution in [2.45, 2.75) is 0 Å². The fourth-order valence-corrected chi connectivity index (χ4v) is 1.51. The molecule has 1 aromatic rings. The zero-order chi connectivity index (χ0) is 9.14. The Bertz CT molecular complexity index is 319. The van der Waals surface area contributed by atoms with Crippen LogP contribution in [0.3, 0.4) is 0 Å². The maximum Gasteiger partial charge on any atom is 0.266 e. The summed E-state index contributed by atoms with van der Waals surface area (Å²) in [5.41, 5.74) is 2.37. The second kappa shape index (κ2) is 5.44. The number of benzene rings is 1. The van der Waals surface area contributed by atoms with E-state index in [0.29, 0.717) is 10.6 Å². The molecule has 0 radical (unpaired) electrons. The third-order valence-electron chi connectivity index (χ3n) is 1.31. The topological polar surface area (TPSA) is 55.1 Å². The lowest BCUT2D eigenvalue weighted by Crippen LogP contribution is -2.30. The lowest BCUT2D eigenvalue weighted by Gasteiger charge is -2.01. The van der Waals surface area contributed by atoms with E-state index in [1.807, 2.05) is 5.43 Å². The van der Waals surface area contributed by atoms with Gasteiger partial charge in [-0.1, -0.05) is 27.5 Å². The van der Waals surface area contributed by atoms with Crippen molar-refractivity contribution >= 4 is 45.8 Å². The van der Waals surface area contributed by atoms with Crippen LogP contribution in [-0.2, 0) is 0 Å². The number of nitrogens with one attached hydrogen (secondary N) is 1. The molecule has 0 atom stereocenters. The van der Waals surface area contributed by atoms with E-state index in [9.17, 15) is 4.79 Å². The number of hydrazine groups is 1. The van der Waals surface area contributed by atoms with Crippen LogP contribution < -0.4 is 11.3 Å². The minimum absolute atomic E-state index is 0. The number of rotatable bonds is 1. The van der Waals surface area contributed by atoms with Crippen LogP contribution in [0.25, 0.3) is 0 Å². The Hall–Kier alpha value is -0.290. The molecule has 0 fully saturated rings. The highest BCUT2D eigenvalue weighted by Gasteiger charge is 2.07. The number of amides is 1. The smallest absolute Gasteiger partial charge is 0.266 e. The van der Waals surface area contributed by atoms with Gasteiger partial charge in [-0.25, -0.2) is 5.84 Å². The Morgan fingerprint density at radius 3 is 2.62 bits per heavy atom. The zero-order valence-electron chi connectivity index (χ0n) is 6.38. The first kappa shape index (κ1) is 12.7. The monoisotopic (exact) mass is 284 g/mol. The van der Waals surface area contributed by atoms with Crippen LogP contribution in [0.2, 0.25) is 5.02 Å². The molecule has 1 aromatic carbocycles. The lowest BCUT2D eigenvalue weighted by atomic mass is 10.2. The summed E-state index contributed by atoms with van der Waals surface area (Å²) in [6, 6.07) is 4.94. The first-order valence-electron chi connectivity index (χ1n) is 3.11. The van der Waals surface area contributed by atoms with Crippen molar-refractivity contribution in [2.75, 3.05) is 0 Å². The first-order valence-corrected chi connectivity index (χ1v) is 4.28. The van der Waals surface area contributed by atoms with Crippen LogP contribution in [0.5, 0.6) is 0 Å². The fourth-order valence-electron chi connectivity index (χ4n) is 0.751. The van der Waals surface area contributed by atoms with Gasteiger partial charge in [0, 0.05) is 4.47 Å². The number of hydrogen-bond donors (Lipinski definition) is 2. The largest absolute Gasteiger partial charge is 0.290 e. The van der Waals surface area contributed by atoms with Gasteiger partial charge in [0.2, 0.25) is 0 Å². The van der Waals surface area contributed by atoms with Crippen molar-refractivity contribution in [3.05, 3.63) is 33.3 Å². The van der Waals surface area contributed by atoms with Crippen LogP contribution >= 0.6 is 39.9 Å². The fraction of sp³-hybridized carbons (Fsp3) is 0.